The summed E-state index contributed by atoms with van der Waals surface area (Å²) in [6.07, 6.45) is 8.47. The van der Waals surface area contributed by atoms with E-state index in [0.29, 0.717) is 22.7 Å². The molecule has 3 N–H and O–H groups in total. The Morgan fingerprint density at radius 3 is 2.65 bits per heavy atom. The van der Waals surface area contributed by atoms with Crippen LogP contribution in [0.3, 0.4) is 0 Å². The summed E-state index contributed by atoms with van der Waals surface area (Å²) in [5.74, 6) is 0.898. The van der Waals surface area contributed by atoms with Gasteiger partial charge in [0.05, 0.1) is 18.3 Å². The van der Waals surface area contributed by atoms with E-state index in [0.717, 1.165) is 36.5 Å². The second-order valence-electron chi connectivity index (χ2n) is 9.27. The first-order valence-corrected chi connectivity index (χ1v) is 12.0. The Bertz CT molecular complexity index is 951. The molecule has 166 valence electrons. The molecule has 0 atom stereocenters. The van der Waals surface area contributed by atoms with Gasteiger partial charge in [0.25, 0.3) is 5.91 Å². The fourth-order valence-electron chi connectivity index (χ4n) is 3.97. The fraction of sp³-hybridized carbons (Fsp3) is 0.522. The van der Waals surface area contributed by atoms with Crippen molar-refractivity contribution in [3.05, 3.63) is 36.2 Å². The van der Waals surface area contributed by atoms with E-state index in [-0.39, 0.29) is 12.5 Å². The molecule has 2 fully saturated rings. The zero-order chi connectivity index (χ0) is 22.1. The van der Waals surface area contributed by atoms with Crippen LogP contribution in [-0.4, -0.2) is 52.5 Å². The molecule has 0 bridgehead atoms. The quantitative estimate of drug-likeness (QED) is 0.559. The first-order chi connectivity index (χ1) is 14.8. The van der Waals surface area contributed by atoms with Gasteiger partial charge in [0.1, 0.15) is 5.82 Å². The maximum atomic E-state index is 13.2. The smallest absolute Gasteiger partial charge is 0.278 e. The van der Waals surface area contributed by atoms with Gasteiger partial charge in [0, 0.05) is 23.7 Å². The Labute approximate surface area is 188 Å². The van der Waals surface area contributed by atoms with E-state index < -0.39 is 5.54 Å². The van der Waals surface area contributed by atoms with E-state index in [1.165, 1.54) is 12.8 Å². The second kappa shape index (κ2) is 8.67. The highest BCUT2D eigenvalue weighted by molar-refractivity contribution is 7.98. The number of aliphatic hydroxyl groups is 1. The summed E-state index contributed by atoms with van der Waals surface area (Å²) in [4.78, 5) is 25.7. The molecule has 2 heterocycles. The molecule has 1 spiro atoms. The SMILES string of the molecule is CSc1cccc(NC(=O)c2ncc(NC(C)(C)CO)nc2N2CCC3(CC2)CC3)c1. The third kappa shape index (κ3) is 5.13. The number of piperidine rings is 1. The van der Waals surface area contributed by atoms with Crippen molar-refractivity contribution in [1.82, 2.24) is 9.97 Å². The van der Waals surface area contributed by atoms with Gasteiger partial charge in [-0.15, -0.1) is 11.8 Å². The average Bonchev–Trinajstić information content (AvgIpc) is 3.52. The molecule has 31 heavy (non-hydrogen) atoms. The lowest BCUT2D eigenvalue weighted by atomic mass is 9.93. The standard InChI is InChI=1S/C23H31N5O2S/c1-22(2,15-29)27-18-14-24-19(21(30)25-16-5-4-6-17(13-16)31-3)20(26-18)28-11-9-23(7-8-23)10-12-28/h4-6,13-14,29H,7-12,15H2,1-3H3,(H,25,30)(H,26,27). The zero-order valence-electron chi connectivity index (χ0n) is 18.4. The highest BCUT2D eigenvalue weighted by atomic mass is 32.2. The number of carbonyl (C=O) groups is 1. The molecule has 1 saturated carbocycles. The normalized spacial score (nSPS) is 17.5. The van der Waals surface area contributed by atoms with E-state index in [1.54, 1.807) is 18.0 Å². The van der Waals surface area contributed by atoms with Crippen molar-refractivity contribution in [2.45, 2.75) is 50.0 Å². The van der Waals surface area contributed by atoms with Gasteiger partial charge in [-0.1, -0.05) is 6.07 Å². The maximum Gasteiger partial charge on any atom is 0.278 e. The van der Waals surface area contributed by atoms with Crippen LogP contribution < -0.4 is 15.5 Å². The molecular formula is C23H31N5O2S. The van der Waals surface area contributed by atoms with Crippen LogP contribution in [0.1, 0.15) is 50.0 Å². The highest BCUT2D eigenvalue weighted by Crippen LogP contribution is 2.54. The van der Waals surface area contributed by atoms with Gasteiger partial charge < -0.3 is 20.6 Å². The van der Waals surface area contributed by atoms with Crippen LogP contribution in [-0.2, 0) is 0 Å². The van der Waals surface area contributed by atoms with Gasteiger partial charge in [0.15, 0.2) is 11.5 Å². The number of hydrogen-bond acceptors (Lipinski definition) is 7. The lowest BCUT2D eigenvalue weighted by Crippen LogP contribution is -2.38. The largest absolute Gasteiger partial charge is 0.394 e. The van der Waals surface area contributed by atoms with Crippen molar-refractivity contribution in [1.29, 1.82) is 0 Å². The minimum Gasteiger partial charge on any atom is -0.394 e. The van der Waals surface area contributed by atoms with Crippen LogP contribution >= 0.6 is 11.8 Å². The van der Waals surface area contributed by atoms with Crippen molar-refractivity contribution in [2.24, 2.45) is 5.41 Å². The third-order valence-electron chi connectivity index (χ3n) is 6.24. The van der Waals surface area contributed by atoms with E-state index in [9.17, 15) is 9.90 Å². The van der Waals surface area contributed by atoms with Crippen LogP contribution in [0, 0.1) is 5.41 Å². The topological polar surface area (TPSA) is 90.4 Å². The van der Waals surface area contributed by atoms with Gasteiger partial charge >= 0.3 is 0 Å². The van der Waals surface area contributed by atoms with Gasteiger partial charge in [-0.25, -0.2) is 9.97 Å². The molecule has 0 unspecified atom stereocenters. The minimum absolute atomic E-state index is 0.0374. The Balaban J connectivity index is 1.60. The molecule has 1 saturated heterocycles. The number of aromatic nitrogens is 2. The zero-order valence-corrected chi connectivity index (χ0v) is 19.3. The van der Waals surface area contributed by atoms with Gasteiger partial charge in [-0.2, -0.15) is 0 Å². The number of anilines is 3. The number of hydrogen-bond donors (Lipinski definition) is 3. The summed E-state index contributed by atoms with van der Waals surface area (Å²) in [7, 11) is 0. The number of amides is 1. The molecule has 1 amide bonds. The Hall–Kier alpha value is -2.32. The lowest BCUT2D eigenvalue weighted by Gasteiger charge is -2.34. The van der Waals surface area contributed by atoms with Gasteiger partial charge in [-0.3, -0.25) is 4.79 Å². The molecule has 1 aliphatic heterocycles. The number of aliphatic hydroxyl groups excluding tert-OH is 1. The Kier molecular flexibility index (Phi) is 6.12. The molecule has 7 nitrogen and oxygen atoms in total. The highest BCUT2D eigenvalue weighted by Gasteiger charge is 2.45. The summed E-state index contributed by atoms with van der Waals surface area (Å²) in [6, 6.07) is 7.77. The predicted molar refractivity (Wildman–Crippen MR) is 126 cm³/mol. The van der Waals surface area contributed by atoms with Gasteiger partial charge in [0.2, 0.25) is 0 Å². The van der Waals surface area contributed by atoms with E-state index >= 15 is 0 Å². The average molecular weight is 442 g/mol. The number of rotatable bonds is 7. The van der Waals surface area contributed by atoms with Crippen molar-refractivity contribution >= 4 is 35.0 Å². The fourth-order valence-corrected chi connectivity index (χ4v) is 4.43. The number of thioether (sulfide) groups is 1. The molecule has 8 heteroatoms. The minimum atomic E-state index is -0.534. The first-order valence-electron chi connectivity index (χ1n) is 10.8. The molecule has 2 aliphatic rings. The maximum absolute atomic E-state index is 13.2. The van der Waals surface area contributed by atoms with Crippen molar-refractivity contribution in [2.75, 3.05) is 41.5 Å². The summed E-state index contributed by atoms with van der Waals surface area (Å²) in [6.45, 7) is 5.51. The van der Waals surface area contributed by atoms with Crippen molar-refractivity contribution in [3.8, 4) is 0 Å². The van der Waals surface area contributed by atoms with Crippen molar-refractivity contribution in [3.63, 3.8) is 0 Å². The number of nitrogens with zero attached hydrogens (tertiary/aromatic N) is 3. The molecule has 1 aliphatic carbocycles. The van der Waals surface area contributed by atoms with Gasteiger partial charge in [-0.05, 0) is 69.4 Å². The van der Waals surface area contributed by atoms with E-state index in [1.807, 2.05) is 44.4 Å². The van der Waals surface area contributed by atoms with Crippen molar-refractivity contribution < 1.29 is 9.90 Å². The molecule has 2 aromatic rings. The summed E-state index contributed by atoms with van der Waals surface area (Å²) in [5.41, 5.74) is 1.06. The Morgan fingerprint density at radius 1 is 1.26 bits per heavy atom. The molecular weight excluding hydrogens is 410 g/mol. The molecule has 1 aromatic carbocycles. The van der Waals surface area contributed by atoms with E-state index in [2.05, 4.69) is 20.5 Å². The van der Waals surface area contributed by atoms with Crippen LogP contribution in [0.5, 0.6) is 0 Å². The molecule has 0 radical (unpaired) electrons. The predicted octanol–water partition coefficient (Wildman–Crippen LogP) is 4.01. The van der Waals surface area contributed by atoms with Crippen LogP contribution in [0.15, 0.2) is 35.4 Å². The number of benzene rings is 1. The molecule has 1 aromatic heterocycles. The first kappa shape index (κ1) is 21.9. The Morgan fingerprint density at radius 2 is 2.00 bits per heavy atom. The summed E-state index contributed by atoms with van der Waals surface area (Å²) < 4.78 is 0. The number of nitrogens with one attached hydrogen (secondary N) is 2. The number of carbonyl (C=O) groups excluding carboxylic acids is 1. The molecule has 4 rings (SSSR count). The summed E-state index contributed by atoms with van der Waals surface area (Å²) >= 11 is 1.63. The summed E-state index contributed by atoms with van der Waals surface area (Å²) in [5, 5.41) is 15.8. The lowest BCUT2D eigenvalue weighted by molar-refractivity contribution is 0.102. The monoisotopic (exact) mass is 441 g/mol. The van der Waals surface area contributed by atoms with Crippen LogP contribution in [0.25, 0.3) is 0 Å². The second-order valence-corrected chi connectivity index (χ2v) is 10.1. The van der Waals surface area contributed by atoms with E-state index in [4.69, 9.17) is 4.98 Å². The van der Waals surface area contributed by atoms with Crippen LogP contribution in [0.2, 0.25) is 0 Å². The van der Waals surface area contributed by atoms with Crippen LogP contribution in [0.4, 0.5) is 17.3 Å². The third-order valence-corrected chi connectivity index (χ3v) is 6.96.